The first kappa shape index (κ1) is 14.6. The van der Waals surface area contributed by atoms with Crippen molar-refractivity contribution in [3.8, 4) is 6.07 Å². The van der Waals surface area contributed by atoms with E-state index in [-0.39, 0.29) is 5.91 Å². The zero-order valence-electron chi connectivity index (χ0n) is 12.6. The minimum Gasteiger partial charge on any atom is -0.352 e. The van der Waals surface area contributed by atoms with Crippen LogP contribution < -0.4 is 4.90 Å². The number of pyridine rings is 1. The third kappa shape index (κ3) is 3.11. The third-order valence-electron chi connectivity index (χ3n) is 4.39. The van der Waals surface area contributed by atoms with E-state index in [4.69, 9.17) is 5.26 Å². The van der Waals surface area contributed by atoms with Gasteiger partial charge in [0.25, 0.3) is 0 Å². The average Bonchev–Trinajstić information content (AvgIpc) is 3.08. The minimum absolute atomic E-state index is 0.248. The Kier molecular flexibility index (Phi) is 4.38. The van der Waals surface area contributed by atoms with E-state index in [1.807, 2.05) is 4.90 Å². The normalized spacial score (nSPS) is 21.0. The van der Waals surface area contributed by atoms with E-state index in [2.05, 4.69) is 28.1 Å². The van der Waals surface area contributed by atoms with Crippen molar-refractivity contribution in [2.45, 2.75) is 19.3 Å². The molecule has 1 atom stereocenters. The molecule has 114 valence electrons. The molecule has 1 aliphatic carbocycles. The lowest BCUT2D eigenvalue weighted by atomic mass is 10.0. The highest BCUT2D eigenvalue weighted by molar-refractivity contribution is 5.77. The van der Waals surface area contributed by atoms with Gasteiger partial charge in [0.15, 0.2) is 0 Å². The van der Waals surface area contributed by atoms with Gasteiger partial charge in [-0.1, -0.05) is 12.2 Å². The molecule has 22 heavy (non-hydrogen) atoms. The second-order valence-electron chi connectivity index (χ2n) is 5.82. The molecule has 5 heteroatoms. The molecule has 0 radical (unpaired) electrons. The van der Waals surface area contributed by atoms with Crippen LogP contribution in [0.2, 0.25) is 0 Å². The van der Waals surface area contributed by atoms with Crippen molar-refractivity contribution >= 4 is 11.7 Å². The molecule has 1 aromatic heterocycles. The molecule has 0 aromatic carbocycles. The van der Waals surface area contributed by atoms with Crippen LogP contribution in [0.1, 0.15) is 24.8 Å². The topological polar surface area (TPSA) is 60.2 Å². The number of nitriles is 1. The smallest absolute Gasteiger partial charge is 0.223 e. The summed E-state index contributed by atoms with van der Waals surface area (Å²) in [7, 11) is 0. The first-order valence-corrected chi connectivity index (χ1v) is 7.82. The van der Waals surface area contributed by atoms with Gasteiger partial charge < -0.3 is 9.80 Å². The van der Waals surface area contributed by atoms with Crippen molar-refractivity contribution in [2.24, 2.45) is 5.92 Å². The standard InChI is InChI=1S/C17H20N4O/c18-13-15-6-3-7-19-17(15)21-10-8-20(9-11-21)16(22)12-14-4-1-2-5-14/h1,3-4,6-7,14H,2,5,8-12H2. The highest BCUT2D eigenvalue weighted by Gasteiger charge is 2.25. The van der Waals surface area contributed by atoms with Crippen molar-refractivity contribution in [3.63, 3.8) is 0 Å². The Morgan fingerprint density at radius 1 is 1.36 bits per heavy atom. The van der Waals surface area contributed by atoms with Crippen LogP contribution in [0.5, 0.6) is 0 Å². The monoisotopic (exact) mass is 296 g/mol. The van der Waals surface area contributed by atoms with Crippen LogP contribution >= 0.6 is 0 Å². The van der Waals surface area contributed by atoms with Crippen LogP contribution in [0.25, 0.3) is 0 Å². The fourth-order valence-electron chi connectivity index (χ4n) is 3.12. The van der Waals surface area contributed by atoms with Crippen molar-refractivity contribution in [1.82, 2.24) is 9.88 Å². The Labute approximate surface area is 130 Å². The number of aromatic nitrogens is 1. The fraction of sp³-hybridized carbons (Fsp3) is 0.471. The van der Waals surface area contributed by atoms with E-state index in [1.54, 1.807) is 18.3 Å². The van der Waals surface area contributed by atoms with Gasteiger partial charge in [0.2, 0.25) is 5.91 Å². The molecular weight excluding hydrogens is 276 g/mol. The van der Waals surface area contributed by atoms with Gasteiger partial charge in [-0.2, -0.15) is 5.26 Å². The van der Waals surface area contributed by atoms with Gasteiger partial charge in [0, 0.05) is 38.8 Å². The summed E-state index contributed by atoms with van der Waals surface area (Å²) in [6.07, 6.45) is 8.87. The van der Waals surface area contributed by atoms with Crippen LogP contribution in [0.3, 0.4) is 0 Å². The summed E-state index contributed by atoms with van der Waals surface area (Å²) in [5.74, 6) is 1.40. The number of allylic oxidation sites excluding steroid dienone is 2. The van der Waals surface area contributed by atoms with Gasteiger partial charge in [-0.25, -0.2) is 4.98 Å². The third-order valence-corrected chi connectivity index (χ3v) is 4.39. The molecule has 0 saturated carbocycles. The largest absolute Gasteiger partial charge is 0.352 e. The molecule has 0 spiro atoms. The van der Waals surface area contributed by atoms with E-state index in [9.17, 15) is 4.79 Å². The van der Waals surface area contributed by atoms with Crippen molar-refractivity contribution in [2.75, 3.05) is 31.1 Å². The number of carbonyl (C=O) groups excluding carboxylic acids is 1. The van der Waals surface area contributed by atoms with Gasteiger partial charge in [-0.15, -0.1) is 0 Å². The highest BCUT2D eigenvalue weighted by Crippen LogP contribution is 2.22. The van der Waals surface area contributed by atoms with Gasteiger partial charge in [0.1, 0.15) is 11.9 Å². The maximum absolute atomic E-state index is 12.3. The molecule has 1 saturated heterocycles. The SMILES string of the molecule is N#Cc1cccnc1N1CCN(C(=O)CC2C=CCC2)CC1. The zero-order valence-corrected chi connectivity index (χ0v) is 12.6. The Morgan fingerprint density at radius 2 is 2.18 bits per heavy atom. The number of carbonyl (C=O) groups is 1. The average molecular weight is 296 g/mol. The number of piperazine rings is 1. The molecule has 0 bridgehead atoms. The van der Waals surface area contributed by atoms with Crippen LogP contribution in [-0.4, -0.2) is 42.0 Å². The summed E-state index contributed by atoms with van der Waals surface area (Å²) in [4.78, 5) is 20.7. The molecule has 1 aliphatic heterocycles. The summed E-state index contributed by atoms with van der Waals surface area (Å²) in [5.41, 5.74) is 0.596. The molecule has 3 rings (SSSR count). The van der Waals surface area contributed by atoms with Crippen LogP contribution in [0, 0.1) is 17.2 Å². The molecule has 2 aliphatic rings. The van der Waals surface area contributed by atoms with E-state index in [0.717, 1.165) is 31.7 Å². The molecule has 1 unspecified atom stereocenters. The summed E-state index contributed by atoms with van der Waals surface area (Å²) >= 11 is 0. The quantitative estimate of drug-likeness (QED) is 0.800. The lowest BCUT2D eigenvalue weighted by Gasteiger charge is -2.36. The van der Waals surface area contributed by atoms with Gasteiger partial charge in [0.05, 0.1) is 5.56 Å². The summed E-state index contributed by atoms with van der Waals surface area (Å²) in [5, 5.41) is 9.16. The number of hydrogen-bond acceptors (Lipinski definition) is 4. The van der Waals surface area contributed by atoms with E-state index >= 15 is 0 Å². The highest BCUT2D eigenvalue weighted by atomic mass is 16.2. The van der Waals surface area contributed by atoms with Crippen molar-refractivity contribution in [3.05, 3.63) is 36.0 Å². The predicted molar refractivity (Wildman–Crippen MR) is 84.2 cm³/mol. The van der Waals surface area contributed by atoms with Gasteiger partial charge in [-0.05, 0) is 30.9 Å². The summed E-state index contributed by atoms with van der Waals surface area (Å²) in [6.45, 7) is 2.88. The molecule has 0 N–H and O–H groups in total. The predicted octanol–water partition coefficient (Wildman–Crippen LogP) is 1.96. The molecule has 5 nitrogen and oxygen atoms in total. The molecular formula is C17H20N4O. The van der Waals surface area contributed by atoms with Crippen molar-refractivity contribution in [1.29, 1.82) is 5.26 Å². The fourth-order valence-corrected chi connectivity index (χ4v) is 3.12. The van der Waals surface area contributed by atoms with Gasteiger partial charge >= 0.3 is 0 Å². The zero-order chi connectivity index (χ0) is 15.4. The summed E-state index contributed by atoms with van der Waals surface area (Å²) in [6, 6.07) is 5.74. The lowest BCUT2D eigenvalue weighted by Crippen LogP contribution is -2.49. The lowest BCUT2D eigenvalue weighted by molar-refractivity contribution is -0.132. The molecule has 2 heterocycles. The Bertz CT molecular complexity index is 611. The van der Waals surface area contributed by atoms with E-state index in [1.165, 1.54) is 0 Å². The van der Waals surface area contributed by atoms with E-state index in [0.29, 0.717) is 31.0 Å². The number of hydrogen-bond donors (Lipinski definition) is 0. The summed E-state index contributed by atoms with van der Waals surface area (Å²) < 4.78 is 0. The molecule has 1 fully saturated rings. The molecule has 1 amide bonds. The van der Waals surface area contributed by atoms with Crippen LogP contribution in [0.15, 0.2) is 30.5 Å². The van der Waals surface area contributed by atoms with Crippen molar-refractivity contribution < 1.29 is 4.79 Å². The number of amides is 1. The Hall–Kier alpha value is -2.35. The maximum Gasteiger partial charge on any atom is 0.223 e. The maximum atomic E-state index is 12.3. The number of rotatable bonds is 3. The second-order valence-corrected chi connectivity index (χ2v) is 5.82. The Morgan fingerprint density at radius 3 is 2.86 bits per heavy atom. The molecule has 1 aromatic rings. The Balaban J connectivity index is 1.57. The van der Waals surface area contributed by atoms with Crippen LogP contribution in [0.4, 0.5) is 5.82 Å². The second kappa shape index (κ2) is 6.61. The first-order chi connectivity index (χ1) is 10.8. The number of nitrogens with zero attached hydrogens (tertiary/aromatic N) is 4. The minimum atomic E-state index is 0.248. The van der Waals surface area contributed by atoms with E-state index < -0.39 is 0 Å². The van der Waals surface area contributed by atoms with Gasteiger partial charge in [-0.3, -0.25) is 4.79 Å². The first-order valence-electron chi connectivity index (χ1n) is 7.82. The van der Waals surface area contributed by atoms with Crippen LogP contribution in [-0.2, 0) is 4.79 Å². The number of anilines is 1.